The number of rotatable bonds is 3. The van der Waals surface area contributed by atoms with E-state index in [2.05, 4.69) is 24.1 Å². The first kappa shape index (κ1) is 9.28. The number of halogens is 1. The first-order chi connectivity index (χ1) is 6.08. The molecule has 0 unspecified atom stereocenters. The average molecular weight is 217 g/mol. The Bertz CT molecular complexity index is 304. The van der Waals surface area contributed by atoms with Crippen LogP contribution in [-0.4, -0.2) is 10.5 Å². The van der Waals surface area contributed by atoms with E-state index < -0.39 is 0 Å². The lowest BCUT2D eigenvalue weighted by Crippen LogP contribution is -2.33. The molecule has 4 heteroatoms. The van der Waals surface area contributed by atoms with E-state index in [1.165, 1.54) is 24.2 Å². The van der Waals surface area contributed by atoms with E-state index in [1.54, 1.807) is 6.20 Å². The van der Waals surface area contributed by atoms with Crippen molar-refractivity contribution in [1.82, 2.24) is 4.98 Å². The largest absolute Gasteiger partial charge is 0.356 e. The third kappa shape index (κ3) is 2.15. The number of hydrogen-bond acceptors (Lipinski definition) is 3. The van der Waals surface area contributed by atoms with Crippen molar-refractivity contribution in [2.24, 2.45) is 5.92 Å². The first-order valence-corrected chi connectivity index (χ1v) is 5.67. The smallest absolute Gasteiger partial charge is 0.184 e. The second kappa shape index (κ2) is 3.14. The van der Waals surface area contributed by atoms with Crippen LogP contribution in [0.15, 0.2) is 6.20 Å². The number of hydrogen-bond donors (Lipinski definition) is 1. The third-order valence-corrected chi connectivity index (χ3v) is 3.53. The molecule has 1 fully saturated rings. The number of aromatic nitrogens is 1. The standard InChI is InChI=1S/C9H13ClN2S/c1-9(2,6-3-4-6)12-8-11-5-7(10)13-8/h5-6H,3-4H2,1-2H3,(H,11,12). The van der Waals surface area contributed by atoms with Gasteiger partial charge < -0.3 is 5.32 Å². The molecule has 0 radical (unpaired) electrons. The molecule has 0 aliphatic heterocycles. The van der Waals surface area contributed by atoms with Crippen LogP contribution < -0.4 is 5.32 Å². The monoisotopic (exact) mass is 216 g/mol. The Morgan fingerprint density at radius 2 is 2.31 bits per heavy atom. The van der Waals surface area contributed by atoms with Crippen LogP contribution in [0.5, 0.6) is 0 Å². The van der Waals surface area contributed by atoms with Crippen molar-refractivity contribution in [1.29, 1.82) is 0 Å². The van der Waals surface area contributed by atoms with Crippen molar-refractivity contribution in [3.63, 3.8) is 0 Å². The Hall–Kier alpha value is -0.280. The number of nitrogens with one attached hydrogen (secondary N) is 1. The molecule has 1 aromatic heterocycles. The van der Waals surface area contributed by atoms with Gasteiger partial charge in [-0.25, -0.2) is 4.98 Å². The molecule has 0 aromatic carbocycles. The lowest BCUT2D eigenvalue weighted by molar-refractivity contribution is 0.494. The Morgan fingerprint density at radius 1 is 1.62 bits per heavy atom. The van der Waals surface area contributed by atoms with Gasteiger partial charge in [0.1, 0.15) is 4.34 Å². The van der Waals surface area contributed by atoms with Crippen LogP contribution in [0.25, 0.3) is 0 Å². The molecule has 0 saturated heterocycles. The molecule has 0 spiro atoms. The SMILES string of the molecule is CC(C)(Nc1ncc(Cl)s1)C1CC1. The van der Waals surface area contributed by atoms with Gasteiger partial charge in [-0.05, 0) is 32.6 Å². The van der Waals surface area contributed by atoms with E-state index in [1.807, 2.05) is 0 Å². The molecule has 1 aliphatic carbocycles. The van der Waals surface area contributed by atoms with Crippen molar-refractivity contribution >= 4 is 28.1 Å². The predicted molar refractivity (Wildman–Crippen MR) is 57.5 cm³/mol. The summed E-state index contributed by atoms with van der Waals surface area (Å²) in [4.78, 5) is 4.19. The van der Waals surface area contributed by atoms with E-state index >= 15 is 0 Å². The first-order valence-electron chi connectivity index (χ1n) is 4.47. The van der Waals surface area contributed by atoms with Gasteiger partial charge in [-0.2, -0.15) is 0 Å². The molecule has 1 saturated carbocycles. The molecular formula is C9H13ClN2S. The highest BCUT2D eigenvalue weighted by atomic mass is 35.5. The van der Waals surface area contributed by atoms with Gasteiger partial charge in [0, 0.05) is 5.54 Å². The third-order valence-electron chi connectivity index (χ3n) is 2.50. The second-order valence-corrected chi connectivity index (χ2v) is 5.75. The van der Waals surface area contributed by atoms with Gasteiger partial charge in [0.15, 0.2) is 5.13 Å². The summed E-state index contributed by atoms with van der Waals surface area (Å²) < 4.78 is 0.745. The number of thiazole rings is 1. The Morgan fingerprint density at radius 3 is 2.77 bits per heavy atom. The Labute approximate surface area is 87.3 Å². The molecule has 1 aromatic rings. The molecule has 1 aliphatic rings. The van der Waals surface area contributed by atoms with Crippen LogP contribution in [0, 0.1) is 5.92 Å². The highest BCUT2D eigenvalue weighted by Gasteiger charge is 2.38. The van der Waals surface area contributed by atoms with Gasteiger partial charge in [-0.15, -0.1) is 0 Å². The fraction of sp³-hybridized carbons (Fsp3) is 0.667. The minimum absolute atomic E-state index is 0.168. The van der Waals surface area contributed by atoms with Crippen LogP contribution in [-0.2, 0) is 0 Å². The summed E-state index contributed by atoms with van der Waals surface area (Å²) >= 11 is 7.30. The summed E-state index contributed by atoms with van der Waals surface area (Å²) in [5, 5.41) is 4.36. The van der Waals surface area contributed by atoms with Crippen molar-refractivity contribution in [3.8, 4) is 0 Å². The maximum atomic E-state index is 5.80. The molecule has 1 heterocycles. The summed E-state index contributed by atoms with van der Waals surface area (Å²) in [7, 11) is 0. The van der Waals surface area contributed by atoms with Gasteiger partial charge in [-0.1, -0.05) is 22.9 Å². The molecule has 1 N–H and O–H groups in total. The molecular weight excluding hydrogens is 204 g/mol. The lowest BCUT2D eigenvalue weighted by Gasteiger charge is -2.25. The number of nitrogens with zero attached hydrogens (tertiary/aromatic N) is 1. The fourth-order valence-corrected chi connectivity index (χ4v) is 2.47. The summed E-state index contributed by atoms with van der Waals surface area (Å²) in [5.41, 5.74) is 0.168. The van der Waals surface area contributed by atoms with Gasteiger partial charge in [0.25, 0.3) is 0 Å². The van der Waals surface area contributed by atoms with E-state index in [9.17, 15) is 0 Å². The molecule has 2 nitrogen and oxygen atoms in total. The molecule has 2 rings (SSSR count). The molecule has 0 amide bonds. The highest BCUT2D eigenvalue weighted by Crippen LogP contribution is 2.41. The Kier molecular flexibility index (Phi) is 2.24. The quantitative estimate of drug-likeness (QED) is 0.838. The number of anilines is 1. The molecule has 0 atom stereocenters. The zero-order chi connectivity index (χ0) is 9.47. The van der Waals surface area contributed by atoms with Crippen molar-refractivity contribution in [2.75, 3.05) is 5.32 Å². The summed E-state index contributed by atoms with van der Waals surface area (Å²) in [6.45, 7) is 4.44. The van der Waals surface area contributed by atoms with Gasteiger partial charge >= 0.3 is 0 Å². The van der Waals surface area contributed by atoms with Crippen LogP contribution in [0.1, 0.15) is 26.7 Å². The highest BCUT2D eigenvalue weighted by molar-refractivity contribution is 7.19. The predicted octanol–water partition coefficient (Wildman–Crippen LogP) is 3.40. The zero-order valence-corrected chi connectivity index (χ0v) is 9.37. The van der Waals surface area contributed by atoms with E-state index in [0.29, 0.717) is 0 Å². The summed E-state index contributed by atoms with van der Waals surface area (Å²) in [5.74, 6) is 0.801. The van der Waals surface area contributed by atoms with Gasteiger partial charge in [0.05, 0.1) is 6.20 Å². The topological polar surface area (TPSA) is 24.9 Å². The normalized spacial score (nSPS) is 17.5. The van der Waals surface area contributed by atoms with Crippen LogP contribution in [0.4, 0.5) is 5.13 Å². The zero-order valence-electron chi connectivity index (χ0n) is 7.80. The average Bonchev–Trinajstić information content (AvgIpc) is 2.78. The van der Waals surface area contributed by atoms with Crippen molar-refractivity contribution in [2.45, 2.75) is 32.2 Å². The van der Waals surface area contributed by atoms with Crippen LogP contribution >= 0.6 is 22.9 Å². The van der Waals surface area contributed by atoms with Gasteiger partial charge in [-0.3, -0.25) is 0 Å². The van der Waals surface area contributed by atoms with Gasteiger partial charge in [0.2, 0.25) is 0 Å². The van der Waals surface area contributed by atoms with Crippen molar-refractivity contribution in [3.05, 3.63) is 10.5 Å². The minimum Gasteiger partial charge on any atom is -0.356 e. The van der Waals surface area contributed by atoms with E-state index in [-0.39, 0.29) is 5.54 Å². The maximum absolute atomic E-state index is 5.80. The van der Waals surface area contributed by atoms with Crippen LogP contribution in [0.2, 0.25) is 4.34 Å². The molecule has 72 valence electrons. The van der Waals surface area contributed by atoms with Crippen LogP contribution in [0.3, 0.4) is 0 Å². The van der Waals surface area contributed by atoms with Crippen molar-refractivity contribution < 1.29 is 0 Å². The second-order valence-electron chi connectivity index (χ2n) is 4.09. The lowest BCUT2D eigenvalue weighted by atomic mass is 9.99. The molecule has 13 heavy (non-hydrogen) atoms. The minimum atomic E-state index is 0.168. The summed E-state index contributed by atoms with van der Waals surface area (Å²) in [6, 6.07) is 0. The maximum Gasteiger partial charge on any atom is 0.184 e. The van der Waals surface area contributed by atoms with E-state index in [0.717, 1.165) is 15.4 Å². The fourth-order valence-electron chi connectivity index (χ4n) is 1.49. The summed E-state index contributed by atoms with van der Waals surface area (Å²) in [6.07, 6.45) is 4.36. The molecule has 0 bridgehead atoms. The Balaban J connectivity index is 2.04. The van der Waals surface area contributed by atoms with E-state index in [4.69, 9.17) is 11.6 Å².